The molecule has 0 aliphatic carbocycles. The number of aliphatic imine (C=N–C) groups is 1. The van der Waals surface area contributed by atoms with Gasteiger partial charge in [-0.05, 0) is 18.1 Å². The molecule has 0 saturated heterocycles. The number of nitrogens with zero attached hydrogens (tertiary/aromatic N) is 1. The fraction of sp³-hybridized carbons (Fsp3) is 0.235. The van der Waals surface area contributed by atoms with Crippen LogP contribution in [0.2, 0.25) is 0 Å². The number of ether oxygens (including phenoxy) is 1. The van der Waals surface area contributed by atoms with E-state index in [1.54, 1.807) is 0 Å². The van der Waals surface area contributed by atoms with Gasteiger partial charge in [-0.15, -0.1) is 0 Å². The van der Waals surface area contributed by atoms with E-state index in [-0.39, 0.29) is 6.10 Å². The van der Waals surface area contributed by atoms with Crippen LogP contribution in [-0.2, 0) is 11.3 Å². The van der Waals surface area contributed by atoms with Crippen molar-refractivity contribution >= 4 is 6.02 Å². The van der Waals surface area contributed by atoms with Crippen molar-refractivity contribution < 1.29 is 4.74 Å². The predicted molar refractivity (Wildman–Crippen MR) is 80.6 cm³/mol. The molecule has 1 aliphatic heterocycles. The van der Waals surface area contributed by atoms with Gasteiger partial charge >= 0.3 is 0 Å². The molecule has 0 fully saturated rings. The van der Waals surface area contributed by atoms with Crippen LogP contribution in [0.15, 0.2) is 59.6 Å². The van der Waals surface area contributed by atoms with E-state index in [0.717, 1.165) is 6.54 Å². The zero-order chi connectivity index (χ0) is 13.8. The molecule has 1 aliphatic rings. The molecular weight excluding hydrogens is 248 g/mol. The fourth-order valence-corrected chi connectivity index (χ4v) is 2.20. The maximum Gasteiger partial charge on any atom is 0.285 e. The topological polar surface area (TPSA) is 33.6 Å². The lowest BCUT2D eigenvalue weighted by Crippen LogP contribution is -2.23. The van der Waals surface area contributed by atoms with E-state index in [9.17, 15) is 0 Å². The standard InChI is InChI=1S/C17H18N2O/c1-13-7-9-14(10-8-13)11-18-17-19-12-16(20-17)15-5-3-2-4-6-15/h2-10,16H,11-12H2,1H3,(H,18,19). The summed E-state index contributed by atoms with van der Waals surface area (Å²) in [4.78, 5) is 4.41. The van der Waals surface area contributed by atoms with Gasteiger partial charge in [-0.1, -0.05) is 60.2 Å². The van der Waals surface area contributed by atoms with Crippen LogP contribution in [-0.4, -0.2) is 12.6 Å². The molecule has 1 atom stereocenters. The largest absolute Gasteiger partial charge is 0.455 e. The average Bonchev–Trinajstić information content (AvgIpc) is 2.97. The maximum atomic E-state index is 5.83. The second-order valence-electron chi connectivity index (χ2n) is 5.00. The number of benzene rings is 2. The third kappa shape index (κ3) is 2.99. The second kappa shape index (κ2) is 5.78. The van der Waals surface area contributed by atoms with E-state index in [4.69, 9.17) is 4.74 Å². The van der Waals surface area contributed by atoms with E-state index in [2.05, 4.69) is 53.6 Å². The Morgan fingerprint density at radius 2 is 1.85 bits per heavy atom. The van der Waals surface area contributed by atoms with Gasteiger partial charge in [0.25, 0.3) is 6.02 Å². The molecule has 3 nitrogen and oxygen atoms in total. The molecule has 1 N–H and O–H groups in total. The fourth-order valence-electron chi connectivity index (χ4n) is 2.20. The van der Waals surface area contributed by atoms with Crippen LogP contribution in [0.5, 0.6) is 0 Å². The average molecular weight is 266 g/mol. The van der Waals surface area contributed by atoms with Crippen molar-refractivity contribution in [2.75, 3.05) is 6.54 Å². The van der Waals surface area contributed by atoms with Gasteiger partial charge in [0, 0.05) is 6.54 Å². The minimum absolute atomic E-state index is 0.0386. The van der Waals surface area contributed by atoms with Gasteiger partial charge in [-0.3, -0.25) is 0 Å². The van der Waals surface area contributed by atoms with Crippen LogP contribution in [0.1, 0.15) is 22.8 Å². The number of nitrogens with one attached hydrogen (secondary N) is 1. The van der Waals surface area contributed by atoms with Gasteiger partial charge < -0.3 is 10.1 Å². The first kappa shape index (κ1) is 12.7. The molecule has 2 aromatic rings. The molecule has 20 heavy (non-hydrogen) atoms. The van der Waals surface area contributed by atoms with Crippen molar-refractivity contribution in [3.8, 4) is 0 Å². The van der Waals surface area contributed by atoms with Gasteiger partial charge in [-0.2, -0.15) is 0 Å². The van der Waals surface area contributed by atoms with Gasteiger partial charge in [0.05, 0.1) is 6.54 Å². The summed E-state index contributed by atoms with van der Waals surface area (Å²) in [5.74, 6) is 0. The van der Waals surface area contributed by atoms with Crippen molar-refractivity contribution in [3.05, 3.63) is 71.3 Å². The SMILES string of the molecule is Cc1ccc(CNC2=NCC(c3ccccc3)O2)cc1. The molecule has 0 radical (unpaired) electrons. The number of amidine groups is 1. The smallest absolute Gasteiger partial charge is 0.285 e. The van der Waals surface area contributed by atoms with Gasteiger partial charge in [0.15, 0.2) is 0 Å². The lowest BCUT2D eigenvalue weighted by atomic mass is 10.1. The quantitative estimate of drug-likeness (QED) is 0.925. The van der Waals surface area contributed by atoms with Gasteiger partial charge in [-0.25, -0.2) is 4.99 Å². The van der Waals surface area contributed by atoms with Crippen LogP contribution in [0.4, 0.5) is 0 Å². The first-order chi connectivity index (χ1) is 9.81. The minimum atomic E-state index is 0.0386. The molecule has 1 heterocycles. The summed E-state index contributed by atoms with van der Waals surface area (Å²) in [6.45, 7) is 3.51. The highest BCUT2D eigenvalue weighted by Crippen LogP contribution is 2.21. The summed E-state index contributed by atoms with van der Waals surface area (Å²) >= 11 is 0. The highest BCUT2D eigenvalue weighted by molar-refractivity contribution is 5.75. The molecule has 1 unspecified atom stereocenters. The Kier molecular flexibility index (Phi) is 3.68. The minimum Gasteiger partial charge on any atom is -0.455 e. The van der Waals surface area contributed by atoms with Crippen LogP contribution in [0.25, 0.3) is 0 Å². The number of hydrogen-bond donors (Lipinski definition) is 1. The van der Waals surface area contributed by atoms with Gasteiger partial charge in [0.2, 0.25) is 0 Å². The summed E-state index contributed by atoms with van der Waals surface area (Å²) in [5, 5.41) is 3.24. The summed E-state index contributed by atoms with van der Waals surface area (Å²) in [6, 6.07) is 19.3. The molecule has 0 spiro atoms. The van der Waals surface area contributed by atoms with Crippen molar-refractivity contribution in [2.24, 2.45) is 4.99 Å². The molecule has 3 rings (SSSR count). The first-order valence-electron chi connectivity index (χ1n) is 6.87. The van der Waals surface area contributed by atoms with E-state index < -0.39 is 0 Å². The van der Waals surface area contributed by atoms with E-state index in [1.807, 2.05) is 18.2 Å². The molecule has 0 saturated carbocycles. The zero-order valence-corrected chi connectivity index (χ0v) is 11.5. The third-order valence-electron chi connectivity index (χ3n) is 3.39. The lowest BCUT2D eigenvalue weighted by molar-refractivity contribution is 0.219. The normalized spacial score (nSPS) is 17.4. The van der Waals surface area contributed by atoms with Crippen molar-refractivity contribution in [1.29, 1.82) is 0 Å². The van der Waals surface area contributed by atoms with Crippen molar-refractivity contribution in [2.45, 2.75) is 19.6 Å². The molecule has 102 valence electrons. The summed E-state index contributed by atoms with van der Waals surface area (Å²) in [7, 11) is 0. The molecular formula is C17H18N2O. The highest BCUT2D eigenvalue weighted by atomic mass is 16.5. The lowest BCUT2D eigenvalue weighted by Gasteiger charge is -2.12. The maximum absolute atomic E-state index is 5.83. The highest BCUT2D eigenvalue weighted by Gasteiger charge is 2.20. The van der Waals surface area contributed by atoms with Crippen LogP contribution in [0, 0.1) is 6.92 Å². The Bertz CT molecular complexity index is 590. The summed E-state index contributed by atoms with van der Waals surface area (Å²) < 4.78 is 5.83. The van der Waals surface area contributed by atoms with Crippen molar-refractivity contribution in [1.82, 2.24) is 5.32 Å². The van der Waals surface area contributed by atoms with E-state index in [0.29, 0.717) is 12.6 Å². The Morgan fingerprint density at radius 1 is 1.10 bits per heavy atom. The number of aryl methyl sites for hydroxylation is 1. The first-order valence-corrected chi connectivity index (χ1v) is 6.87. The Morgan fingerprint density at radius 3 is 2.60 bits per heavy atom. The van der Waals surface area contributed by atoms with Crippen LogP contribution in [0.3, 0.4) is 0 Å². The third-order valence-corrected chi connectivity index (χ3v) is 3.39. The molecule has 0 aromatic heterocycles. The van der Waals surface area contributed by atoms with Gasteiger partial charge in [0.1, 0.15) is 6.10 Å². The Labute approximate surface area is 119 Å². The van der Waals surface area contributed by atoms with Crippen molar-refractivity contribution in [3.63, 3.8) is 0 Å². The molecule has 0 amide bonds. The molecule has 2 aromatic carbocycles. The Balaban J connectivity index is 1.54. The van der Waals surface area contributed by atoms with E-state index in [1.165, 1.54) is 16.7 Å². The molecule has 0 bridgehead atoms. The predicted octanol–water partition coefficient (Wildman–Crippen LogP) is 3.21. The Hall–Kier alpha value is -2.29. The summed E-state index contributed by atoms with van der Waals surface area (Å²) in [5.41, 5.74) is 3.67. The van der Waals surface area contributed by atoms with Crippen LogP contribution < -0.4 is 5.32 Å². The molecule has 3 heteroatoms. The second-order valence-corrected chi connectivity index (χ2v) is 5.00. The number of hydrogen-bond acceptors (Lipinski definition) is 3. The zero-order valence-electron chi connectivity index (χ0n) is 11.5. The summed E-state index contributed by atoms with van der Waals surface area (Å²) in [6.07, 6.45) is 0.0386. The van der Waals surface area contributed by atoms with Crippen LogP contribution >= 0.6 is 0 Å². The monoisotopic (exact) mass is 266 g/mol. The van der Waals surface area contributed by atoms with E-state index >= 15 is 0 Å². The number of rotatable bonds is 3.